The number of likely N-dealkylation sites (tertiary alicyclic amines) is 1. The second kappa shape index (κ2) is 8.30. The molecular weight excluding hydrogens is 418 g/mol. The summed E-state index contributed by atoms with van der Waals surface area (Å²) in [6.45, 7) is 6.04. The highest BCUT2D eigenvalue weighted by atomic mass is 32.2. The first-order valence-corrected chi connectivity index (χ1v) is 11.9. The highest BCUT2D eigenvalue weighted by Crippen LogP contribution is 2.42. The second-order valence-electron chi connectivity index (χ2n) is 8.70. The quantitative estimate of drug-likeness (QED) is 0.675. The first-order chi connectivity index (χ1) is 14.3. The highest BCUT2D eigenvalue weighted by Gasteiger charge is 2.35. The minimum Gasteiger partial charge on any atom is -0.457 e. The first-order valence-electron chi connectivity index (χ1n) is 10.0. The maximum absolute atomic E-state index is 12.7. The van der Waals surface area contributed by atoms with E-state index in [4.69, 9.17) is 20.9 Å². The molecule has 8 nitrogen and oxygen atoms in total. The van der Waals surface area contributed by atoms with E-state index >= 15 is 0 Å². The molecule has 1 saturated heterocycles. The van der Waals surface area contributed by atoms with Gasteiger partial charge < -0.3 is 25.8 Å². The highest BCUT2D eigenvalue weighted by molar-refractivity contribution is 7.90. The van der Waals surface area contributed by atoms with Gasteiger partial charge in [0.2, 0.25) is 0 Å². The minimum atomic E-state index is -3.31. The molecule has 3 rings (SSSR count). The molecule has 1 unspecified atom stereocenters. The molecule has 168 valence electrons. The predicted octanol–water partition coefficient (Wildman–Crippen LogP) is 4.12. The van der Waals surface area contributed by atoms with Gasteiger partial charge in [-0.25, -0.2) is 13.2 Å². The summed E-state index contributed by atoms with van der Waals surface area (Å²) in [7, 11) is -3.31. The van der Waals surface area contributed by atoms with E-state index in [1.807, 2.05) is 20.8 Å². The molecule has 0 aromatic heterocycles. The average Bonchev–Trinajstić information content (AvgIpc) is 3.12. The zero-order valence-corrected chi connectivity index (χ0v) is 19.0. The fourth-order valence-electron chi connectivity index (χ4n) is 3.49. The number of ether oxygens (including phenoxy) is 2. The van der Waals surface area contributed by atoms with Gasteiger partial charge in [0.25, 0.3) is 0 Å². The SMILES string of the molecule is CC(C)(C)OC(=O)N1CCCC1c1cc(N)c(N)cc1Oc1ccc(S(C)(=O)=O)cc1. The van der Waals surface area contributed by atoms with Gasteiger partial charge in [-0.3, -0.25) is 0 Å². The number of nitrogens with zero attached hydrogens (tertiary/aromatic N) is 1. The van der Waals surface area contributed by atoms with Crippen LogP contribution in [0.4, 0.5) is 16.2 Å². The lowest BCUT2D eigenvalue weighted by Crippen LogP contribution is -2.36. The summed E-state index contributed by atoms with van der Waals surface area (Å²) >= 11 is 0. The Morgan fingerprint density at radius 3 is 2.29 bits per heavy atom. The van der Waals surface area contributed by atoms with Crippen molar-refractivity contribution in [1.82, 2.24) is 4.90 Å². The number of amides is 1. The van der Waals surface area contributed by atoms with Crippen molar-refractivity contribution in [3.8, 4) is 11.5 Å². The zero-order valence-electron chi connectivity index (χ0n) is 18.2. The summed E-state index contributed by atoms with van der Waals surface area (Å²) in [5.41, 5.74) is 12.9. The van der Waals surface area contributed by atoms with Crippen LogP contribution >= 0.6 is 0 Å². The van der Waals surface area contributed by atoms with E-state index < -0.39 is 21.5 Å². The summed E-state index contributed by atoms with van der Waals surface area (Å²) in [5, 5.41) is 0. The van der Waals surface area contributed by atoms with E-state index in [2.05, 4.69) is 0 Å². The van der Waals surface area contributed by atoms with Crippen molar-refractivity contribution in [1.29, 1.82) is 0 Å². The van der Waals surface area contributed by atoms with Crippen molar-refractivity contribution >= 4 is 27.3 Å². The van der Waals surface area contributed by atoms with Gasteiger partial charge in [0.05, 0.1) is 22.3 Å². The number of carbonyl (C=O) groups excluding carboxylic acids is 1. The summed E-state index contributed by atoms with van der Waals surface area (Å²) in [6.07, 6.45) is 2.30. The minimum absolute atomic E-state index is 0.198. The molecule has 4 N–H and O–H groups in total. The van der Waals surface area contributed by atoms with Crippen LogP contribution in [0.25, 0.3) is 0 Å². The monoisotopic (exact) mass is 447 g/mol. The number of benzene rings is 2. The lowest BCUT2D eigenvalue weighted by Gasteiger charge is -2.30. The standard InChI is InChI=1S/C22H29N3O5S/c1-22(2,3)30-21(26)25-11-5-6-19(25)16-12-17(23)18(24)13-20(16)29-14-7-9-15(10-8-14)31(4,27)28/h7-10,12-13,19H,5-6,11,23-24H2,1-4H3. The van der Waals surface area contributed by atoms with Gasteiger partial charge in [0.15, 0.2) is 9.84 Å². The fraction of sp³-hybridized carbons (Fsp3) is 0.409. The average molecular weight is 448 g/mol. The van der Waals surface area contributed by atoms with Crippen LogP contribution in [0.5, 0.6) is 11.5 Å². The van der Waals surface area contributed by atoms with Crippen LogP contribution < -0.4 is 16.2 Å². The molecule has 1 aliphatic rings. The zero-order chi connectivity index (χ0) is 23.0. The number of carbonyl (C=O) groups is 1. The Bertz CT molecular complexity index is 1080. The lowest BCUT2D eigenvalue weighted by molar-refractivity contribution is 0.0223. The van der Waals surface area contributed by atoms with Gasteiger partial charge in [-0.1, -0.05) is 0 Å². The number of sulfone groups is 1. The number of rotatable bonds is 4. The molecule has 0 radical (unpaired) electrons. The normalized spacial score (nSPS) is 16.9. The topological polar surface area (TPSA) is 125 Å². The van der Waals surface area contributed by atoms with E-state index in [0.717, 1.165) is 24.7 Å². The summed E-state index contributed by atoms with van der Waals surface area (Å²) in [5.74, 6) is 0.902. The molecule has 1 aliphatic heterocycles. The van der Waals surface area contributed by atoms with Crippen LogP contribution in [-0.4, -0.2) is 37.8 Å². The third-order valence-corrected chi connectivity index (χ3v) is 6.06. The van der Waals surface area contributed by atoms with Gasteiger partial charge in [0.1, 0.15) is 17.1 Å². The number of hydrogen-bond donors (Lipinski definition) is 2. The molecule has 1 fully saturated rings. The fourth-order valence-corrected chi connectivity index (χ4v) is 4.12. The van der Waals surface area contributed by atoms with Crippen molar-refractivity contribution in [2.45, 2.75) is 50.2 Å². The Hall–Kier alpha value is -2.94. The maximum atomic E-state index is 12.7. The van der Waals surface area contributed by atoms with Crippen molar-refractivity contribution in [3.05, 3.63) is 42.0 Å². The van der Waals surface area contributed by atoms with Gasteiger partial charge in [-0.15, -0.1) is 0 Å². The molecule has 0 bridgehead atoms. The summed E-state index contributed by atoms with van der Waals surface area (Å²) in [4.78, 5) is 14.6. The van der Waals surface area contributed by atoms with E-state index in [9.17, 15) is 13.2 Å². The van der Waals surface area contributed by atoms with Crippen LogP contribution in [0.2, 0.25) is 0 Å². The summed E-state index contributed by atoms with van der Waals surface area (Å²) in [6, 6.07) is 9.19. The Labute approximate surface area is 183 Å². The predicted molar refractivity (Wildman–Crippen MR) is 120 cm³/mol. The van der Waals surface area contributed by atoms with Gasteiger partial charge in [-0.2, -0.15) is 0 Å². The number of nitrogen functional groups attached to an aromatic ring is 2. The number of nitrogens with two attached hydrogens (primary N) is 2. The molecule has 0 saturated carbocycles. The molecule has 1 amide bonds. The van der Waals surface area contributed by atoms with Gasteiger partial charge in [0, 0.05) is 24.4 Å². The van der Waals surface area contributed by atoms with E-state index in [1.54, 1.807) is 29.2 Å². The maximum Gasteiger partial charge on any atom is 0.410 e. The van der Waals surface area contributed by atoms with Crippen molar-refractivity contribution in [3.63, 3.8) is 0 Å². The Kier molecular flexibility index (Phi) is 6.09. The van der Waals surface area contributed by atoms with Gasteiger partial charge >= 0.3 is 6.09 Å². The second-order valence-corrected chi connectivity index (χ2v) is 10.7. The molecule has 0 aliphatic carbocycles. The molecule has 2 aromatic carbocycles. The molecule has 2 aromatic rings. The van der Waals surface area contributed by atoms with Crippen LogP contribution in [0, 0.1) is 0 Å². The van der Waals surface area contributed by atoms with Crippen molar-refractivity contribution < 1.29 is 22.7 Å². The van der Waals surface area contributed by atoms with Crippen LogP contribution in [0.3, 0.4) is 0 Å². The first kappa shape index (κ1) is 22.7. The third-order valence-electron chi connectivity index (χ3n) is 4.93. The van der Waals surface area contributed by atoms with Crippen LogP contribution in [0.15, 0.2) is 41.3 Å². The largest absolute Gasteiger partial charge is 0.457 e. The number of anilines is 2. The van der Waals surface area contributed by atoms with E-state index in [-0.39, 0.29) is 10.9 Å². The molecule has 1 heterocycles. The van der Waals surface area contributed by atoms with E-state index in [0.29, 0.717) is 29.4 Å². The van der Waals surface area contributed by atoms with Crippen molar-refractivity contribution in [2.24, 2.45) is 0 Å². The Balaban J connectivity index is 1.94. The lowest BCUT2D eigenvalue weighted by atomic mass is 10.0. The molecular formula is C22H29N3O5S. The Morgan fingerprint density at radius 1 is 1.10 bits per heavy atom. The summed E-state index contributed by atoms with van der Waals surface area (Å²) < 4.78 is 35.0. The molecule has 1 atom stereocenters. The van der Waals surface area contributed by atoms with Gasteiger partial charge in [-0.05, 0) is 63.9 Å². The molecule has 9 heteroatoms. The number of hydrogen-bond acceptors (Lipinski definition) is 7. The van der Waals surface area contributed by atoms with E-state index in [1.165, 1.54) is 12.1 Å². The third kappa shape index (κ3) is 5.41. The smallest absolute Gasteiger partial charge is 0.410 e. The molecule has 31 heavy (non-hydrogen) atoms. The van der Waals surface area contributed by atoms with Crippen molar-refractivity contribution in [2.75, 3.05) is 24.3 Å². The Morgan fingerprint density at radius 2 is 1.71 bits per heavy atom. The van der Waals surface area contributed by atoms with Crippen LogP contribution in [0.1, 0.15) is 45.2 Å². The van der Waals surface area contributed by atoms with Crippen LogP contribution in [-0.2, 0) is 14.6 Å². The molecule has 0 spiro atoms.